The van der Waals surface area contributed by atoms with Crippen molar-refractivity contribution in [1.82, 2.24) is 4.98 Å². The first-order valence-electron chi connectivity index (χ1n) is 8.26. The molecule has 0 aliphatic carbocycles. The third-order valence-electron chi connectivity index (χ3n) is 3.96. The first-order valence-corrected chi connectivity index (χ1v) is 9.74. The Labute approximate surface area is 147 Å². The summed E-state index contributed by atoms with van der Waals surface area (Å²) < 4.78 is 32.8. The topological polar surface area (TPSA) is 98.2 Å². The molecule has 0 atom stereocenters. The zero-order chi connectivity index (χ0) is 17.9. The first-order chi connectivity index (χ1) is 12.0. The molecule has 0 aliphatic heterocycles. The Kier molecular flexibility index (Phi) is 4.94. The number of rotatable bonds is 7. The van der Waals surface area contributed by atoms with Crippen molar-refractivity contribution in [2.75, 3.05) is 10.5 Å². The quantitative estimate of drug-likeness (QED) is 0.623. The van der Waals surface area contributed by atoms with Gasteiger partial charge < -0.3 is 10.2 Å². The van der Waals surface area contributed by atoms with Crippen LogP contribution < -0.4 is 10.5 Å². The Hall–Kier alpha value is -2.54. The summed E-state index contributed by atoms with van der Waals surface area (Å²) in [7, 11) is -3.66. The van der Waals surface area contributed by atoms with E-state index in [1.54, 1.807) is 30.3 Å². The molecule has 0 unspecified atom stereocenters. The minimum atomic E-state index is -3.66. The number of nitrogen functional groups attached to an aromatic ring is 1. The number of oxazole rings is 1. The van der Waals surface area contributed by atoms with Crippen LogP contribution in [0, 0.1) is 0 Å². The number of unbranched alkanes of at least 4 members (excludes halogenated alkanes) is 2. The van der Waals surface area contributed by atoms with Crippen LogP contribution in [0.1, 0.15) is 31.7 Å². The molecule has 1 heterocycles. The molecule has 0 bridgehead atoms. The van der Waals surface area contributed by atoms with E-state index in [4.69, 9.17) is 10.2 Å². The number of nitrogens with one attached hydrogen (secondary N) is 1. The highest BCUT2D eigenvalue weighted by molar-refractivity contribution is 7.92. The fraction of sp³-hybridized carbons (Fsp3) is 0.278. The van der Waals surface area contributed by atoms with E-state index in [1.807, 2.05) is 12.1 Å². The Bertz CT molecular complexity index is 963. The molecular weight excluding hydrogens is 338 g/mol. The molecule has 1 aromatic heterocycles. The number of nitrogens with zero attached hydrogens (tertiary/aromatic N) is 1. The molecule has 132 valence electrons. The van der Waals surface area contributed by atoms with Crippen LogP contribution in [0.5, 0.6) is 0 Å². The van der Waals surface area contributed by atoms with E-state index in [-0.39, 0.29) is 10.9 Å². The first kappa shape index (κ1) is 17.3. The smallest absolute Gasteiger partial charge is 0.292 e. The lowest BCUT2D eigenvalue weighted by atomic mass is 10.1. The molecule has 0 spiro atoms. The number of fused-ring (bicyclic) bond motifs is 1. The fourth-order valence-corrected chi connectivity index (χ4v) is 3.68. The highest BCUT2D eigenvalue weighted by Crippen LogP contribution is 2.23. The van der Waals surface area contributed by atoms with Gasteiger partial charge in [0.15, 0.2) is 5.58 Å². The molecule has 3 aromatic rings. The van der Waals surface area contributed by atoms with Crippen LogP contribution in [0.25, 0.3) is 11.1 Å². The highest BCUT2D eigenvalue weighted by Gasteiger charge is 2.15. The lowest BCUT2D eigenvalue weighted by molar-refractivity contribution is 0.601. The number of anilines is 2. The number of hydrogen-bond acceptors (Lipinski definition) is 5. The molecular formula is C18H21N3O3S. The van der Waals surface area contributed by atoms with Crippen LogP contribution >= 0.6 is 0 Å². The van der Waals surface area contributed by atoms with Crippen LogP contribution in [0.4, 0.5) is 11.7 Å². The van der Waals surface area contributed by atoms with Crippen molar-refractivity contribution in [1.29, 1.82) is 0 Å². The molecule has 0 amide bonds. The van der Waals surface area contributed by atoms with Gasteiger partial charge in [-0.15, -0.1) is 0 Å². The molecule has 0 saturated carbocycles. The number of benzene rings is 2. The molecule has 25 heavy (non-hydrogen) atoms. The number of sulfonamides is 1. The molecule has 0 aliphatic rings. The molecule has 2 aromatic carbocycles. The summed E-state index contributed by atoms with van der Waals surface area (Å²) in [5.74, 6) is 0. The summed E-state index contributed by atoms with van der Waals surface area (Å²) in [5.41, 5.74) is 8.06. The summed E-state index contributed by atoms with van der Waals surface area (Å²) in [4.78, 5) is 4.21. The van der Waals surface area contributed by atoms with E-state index >= 15 is 0 Å². The minimum absolute atomic E-state index is 0.0497. The third kappa shape index (κ3) is 4.11. The Morgan fingerprint density at radius 3 is 2.60 bits per heavy atom. The Morgan fingerprint density at radius 1 is 1.12 bits per heavy atom. The van der Waals surface area contributed by atoms with Crippen LogP contribution in [-0.2, 0) is 16.4 Å². The van der Waals surface area contributed by atoms with Crippen molar-refractivity contribution in [2.24, 2.45) is 0 Å². The molecule has 3 N–H and O–H groups in total. The number of nitrogens with two attached hydrogens (primary N) is 1. The maximum atomic E-state index is 12.5. The second-order valence-corrected chi connectivity index (χ2v) is 7.62. The van der Waals surface area contributed by atoms with E-state index in [1.165, 1.54) is 6.42 Å². The number of hydrogen-bond donors (Lipinski definition) is 2. The van der Waals surface area contributed by atoms with Gasteiger partial charge in [0.1, 0.15) is 5.52 Å². The normalized spacial score (nSPS) is 11.7. The lowest BCUT2D eigenvalue weighted by Crippen LogP contribution is -2.12. The van der Waals surface area contributed by atoms with E-state index < -0.39 is 10.0 Å². The summed E-state index contributed by atoms with van der Waals surface area (Å²) in [6.45, 7) is 2.16. The van der Waals surface area contributed by atoms with Gasteiger partial charge in [-0.25, -0.2) is 8.42 Å². The predicted molar refractivity (Wildman–Crippen MR) is 98.9 cm³/mol. The zero-order valence-corrected chi connectivity index (χ0v) is 14.8. The third-order valence-corrected chi connectivity index (χ3v) is 5.36. The fourth-order valence-electron chi connectivity index (χ4n) is 2.63. The number of aromatic nitrogens is 1. The highest BCUT2D eigenvalue weighted by atomic mass is 32.2. The SMILES string of the molecule is CCCCCc1ccc(S(=O)(=O)Nc2ccc3nc(N)oc3c2)cc1. The summed E-state index contributed by atoms with van der Waals surface area (Å²) >= 11 is 0. The largest absolute Gasteiger partial charge is 0.424 e. The predicted octanol–water partition coefficient (Wildman–Crippen LogP) is 3.94. The molecule has 0 radical (unpaired) electrons. The van der Waals surface area contributed by atoms with Crippen molar-refractivity contribution in [3.63, 3.8) is 0 Å². The van der Waals surface area contributed by atoms with Crippen LogP contribution in [0.3, 0.4) is 0 Å². The van der Waals surface area contributed by atoms with Crippen molar-refractivity contribution in [2.45, 2.75) is 37.5 Å². The van der Waals surface area contributed by atoms with Crippen LogP contribution in [0.2, 0.25) is 0 Å². The lowest BCUT2D eigenvalue weighted by Gasteiger charge is -2.09. The van der Waals surface area contributed by atoms with Crippen molar-refractivity contribution in [3.8, 4) is 0 Å². The van der Waals surface area contributed by atoms with Gasteiger partial charge in [0.05, 0.1) is 10.6 Å². The van der Waals surface area contributed by atoms with Gasteiger partial charge >= 0.3 is 0 Å². The molecule has 7 heteroatoms. The second kappa shape index (κ2) is 7.14. The van der Waals surface area contributed by atoms with Gasteiger partial charge in [-0.1, -0.05) is 31.9 Å². The van der Waals surface area contributed by atoms with Crippen molar-refractivity contribution < 1.29 is 12.8 Å². The van der Waals surface area contributed by atoms with E-state index in [2.05, 4.69) is 16.6 Å². The summed E-state index contributed by atoms with van der Waals surface area (Å²) in [6.07, 6.45) is 4.42. The average Bonchev–Trinajstić information content (AvgIpc) is 2.94. The maximum Gasteiger partial charge on any atom is 0.292 e. The number of aryl methyl sites for hydroxylation is 1. The van der Waals surface area contributed by atoms with Gasteiger partial charge in [-0.3, -0.25) is 4.72 Å². The molecule has 3 rings (SSSR count). The Morgan fingerprint density at radius 2 is 1.88 bits per heavy atom. The van der Waals surface area contributed by atoms with Gasteiger partial charge in [0, 0.05) is 6.07 Å². The summed E-state index contributed by atoms with van der Waals surface area (Å²) in [5, 5.41) is 0. The standard InChI is InChI=1S/C18H21N3O3S/c1-2-3-4-5-13-6-9-15(10-7-13)25(22,23)21-14-8-11-16-17(12-14)24-18(19)20-16/h6-12,21H,2-5H2,1H3,(H2,19,20). The molecule has 0 fully saturated rings. The van der Waals surface area contributed by atoms with Crippen LogP contribution in [0.15, 0.2) is 51.8 Å². The van der Waals surface area contributed by atoms with E-state index in [0.717, 1.165) is 24.8 Å². The Balaban J connectivity index is 1.75. The van der Waals surface area contributed by atoms with Crippen molar-refractivity contribution >= 4 is 32.8 Å². The van der Waals surface area contributed by atoms with Gasteiger partial charge in [-0.05, 0) is 42.7 Å². The van der Waals surface area contributed by atoms with Gasteiger partial charge in [-0.2, -0.15) is 4.98 Å². The molecule has 0 saturated heterocycles. The van der Waals surface area contributed by atoms with Crippen LogP contribution in [-0.4, -0.2) is 13.4 Å². The monoisotopic (exact) mass is 359 g/mol. The van der Waals surface area contributed by atoms with Gasteiger partial charge in [0.2, 0.25) is 0 Å². The average molecular weight is 359 g/mol. The second-order valence-electron chi connectivity index (χ2n) is 5.94. The summed E-state index contributed by atoms with van der Waals surface area (Å²) in [6, 6.07) is 11.9. The minimum Gasteiger partial charge on any atom is -0.424 e. The van der Waals surface area contributed by atoms with E-state index in [9.17, 15) is 8.42 Å². The zero-order valence-electron chi connectivity index (χ0n) is 14.0. The van der Waals surface area contributed by atoms with Crippen molar-refractivity contribution in [3.05, 3.63) is 48.0 Å². The maximum absolute atomic E-state index is 12.5. The van der Waals surface area contributed by atoms with Gasteiger partial charge in [0.25, 0.3) is 16.0 Å². The molecule has 6 nitrogen and oxygen atoms in total. The van der Waals surface area contributed by atoms with E-state index in [0.29, 0.717) is 16.8 Å².